The summed E-state index contributed by atoms with van der Waals surface area (Å²) in [4.78, 5) is 23.7. The second-order valence-corrected chi connectivity index (χ2v) is 8.78. The zero-order chi connectivity index (χ0) is 21.5. The van der Waals surface area contributed by atoms with Crippen molar-refractivity contribution in [3.8, 4) is 6.07 Å². The summed E-state index contributed by atoms with van der Waals surface area (Å²) in [6.07, 6.45) is 7.67. The van der Waals surface area contributed by atoms with Gasteiger partial charge in [0.25, 0.3) is 0 Å². The Hall–Kier alpha value is -2.99. The molecule has 1 saturated heterocycles. The molecule has 0 radical (unpaired) electrons. The summed E-state index contributed by atoms with van der Waals surface area (Å²) in [5, 5.41) is 26.8. The van der Waals surface area contributed by atoms with E-state index in [0.29, 0.717) is 24.0 Å². The van der Waals surface area contributed by atoms with Gasteiger partial charge in [0, 0.05) is 24.9 Å². The predicted molar refractivity (Wildman–Crippen MR) is 111 cm³/mol. The van der Waals surface area contributed by atoms with Crippen LogP contribution in [0.15, 0.2) is 24.7 Å². The topological polar surface area (TPSA) is 120 Å². The molecule has 2 aliphatic rings. The molecule has 2 aromatic rings. The van der Waals surface area contributed by atoms with Crippen LogP contribution >= 0.6 is 0 Å². The summed E-state index contributed by atoms with van der Waals surface area (Å²) in [6.45, 7) is 6.25. The molecule has 158 valence electrons. The van der Waals surface area contributed by atoms with Crippen LogP contribution in [0.3, 0.4) is 0 Å². The van der Waals surface area contributed by atoms with E-state index in [9.17, 15) is 15.2 Å². The fraction of sp³-hybridized carbons (Fsp3) is 0.571. The van der Waals surface area contributed by atoms with E-state index < -0.39 is 11.0 Å². The Morgan fingerprint density at radius 1 is 1.43 bits per heavy atom. The monoisotopic (exact) mass is 409 g/mol. The number of aliphatic hydroxyl groups is 1. The van der Waals surface area contributed by atoms with Gasteiger partial charge in [0.2, 0.25) is 11.9 Å². The van der Waals surface area contributed by atoms with E-state index in [1.165, 1.54) is 0 Å². The fourth-order valence-electron chi connectivity index (χ4n) is 4.25. The molecule has 4 rings (SSSR count). The third kappa shape index (κ3) is 3.21. The van der Waals surface area contributed by atoms with E-state index >= 15 is 0 Å². The molecule has 0 bridgehead atoms. The van der Waals surface area contributed by atoms with E-state index in [1.54, 1.807) is 34.2 Å². The Morgan fingerprint density at radius 2 is 2.20 bits per heavy atom. The second-order valence-electron chi connectivity index (χ2n) is 8.78. The molecule has 0 spiro atoms. The number of anilines is 3. The Labute approximate surface area is 175 Å². The molecular formula is C21H27N7O2. The first-order valence-electron chi connectivity index (χ1n) is 10.3. The van der Waals surface area contributed by atoms with Crippen molar-refractivity contribution < 1.29 is 9.90 Å². The van der Waals surface area contributed by atoms with Gasteiger partial charge >= 0.3 is 0 Å². The van der Waals surface area contributed by atoms with Gasteiger partial charge < -0.3 is 10.4 Å². The average molecular weight is 409 g/mol. The summed E-state index contributed by atoms with van der Waals surface area (Å²) in [7, 11) is 0. The number of carbonyl (C=O) groups excluding carboxylic acids is 1. The van der Waals surface area contributed by atoms with Crippen LogP contribution in [-0.4, -0.2) is 43.9 Å². The van der Waals surface area contributed by atoms with Crippen molar-refractivity contribution in [1.82, 2.24) is 19.7 Å². The minimum Gasteiger partial charge on any atom is -0.394 e. The summed E-state index contributed by atoms with van der Waals surface area (Å²) < 4.78 is 1.67. The first-order chi connectivity index (χ1) is 14.4. The molecule has 0 unspecified atom stereocenters. The highest BCUT2D eigenvalue weighted by Gasteiger charge is 2.61. The van der Waals surface area contributed by atoms with Crippen LogP contribution in [0.25, 0.3) is 0 Å². The van der Waals surface area contributed by atoms with Crippen LogP contribution in [0, 0.1) is 28.6 Å². The Kier molecular flexibility index (Phi) is 4.98. The zero-order valence-electron chi connectivity index (χ0n) is 17.5. The standard InChI is InChI=1S/C21H27N7O2/c1-4-14-10-27(18(30)21(14,12-22)15-5-6-15)17-7-8-23-19(26-17)25-16-9-24-28(11-16)20(2,3)13-29/h7-9,11,14-15,29H,4-6,10,13H2,1-3H3,(H,23,25,26)/t14-,21+/m0/s1. The normalized spacial score (nSPS) is 24.2. The minimum atomic E-state index is -0.926. The van der Waals surface area contributed by atoms with E-state index in [0.717, 1.165) is 19.3 Å². The van der Waals surface area contributed by atoms with Crippen molar-refractivity contribution >= 4 is 23.4 Å². The highest BCUT2D eigenvalue weighted by Crippen LogP contribution is 2.55. The summed E-state index contributed by atoms with van der Waals surface area (Å²) in [5.74, 6) is 0.867. The molecule has 9 nitrogen and oxygen atoms in total. The van der Waals surface area contributed by atoms with Crippen LogP contribution in [0.2, 0.25) is 0 Å². The van der Waals surface area contributed by atoms with Gasteiger partial charge in [-0.05, 0) is 45.1 Å². The number of aromatic nitrogens is 4. The molecule has 1 aliphatic heterocycles. The number of nitrogens with zero attached hydrogens (tertiary/aromatic N) is 6. The Balaban J connectivity index is 1.57. The molecule has 0 aromatic carbocycles. The summed E-state index contributed by atoms with van der Waals surface area (Å²) in [5.41, 5.74) is -0.773. The highest BCUT2D eigenvalue weighted by atomic mass is 16.3. The third-order valence-electron chi connectivity index (χ3n) is 6.31. The van der Waals surface area contributed by atoms with Crippen LogP contribution in [0.1, 0.15) is 40.0 Å². The van der Waals surface area contributed by atoms with Gasteiger partial charge in [-0.2, -0.15) is 15.3 Å². The van der Waals surface area contributed by atoms with Crippen molar-refractivity contribution in [3.05, 3.63) is 24.7 Å². The van der Waals surface area contributed by atoms with E-state index in [-0.39, 0.29) is 24.3 Å². The second kappa shape index (κ2) is 7.36. The maximum absolute atomic E-state index is 13.3. The smallest absolute Gasteiger partial charge is 0.249 e. The lowest BCUT2D eigenvalue weighted by atomic mass is 9.73. The van der Waals surface area contributed by atoms with E-state index in [2.05, 4.69) is 26.5 Å². The molecule has 1 saturated carbocycles. The Morgan fingerprint density at radius 3 is 2.83 bits per heavy atom. The van der Waals surface area contributed by atoms with Crippen molar-refractivity contribution in [2.45, 2.75) is 45.6 Å². The predicted octanol–water partition coefficient (Wildman–Crippen LogP) is 2.44. The molecule has 2 aromatic heterocycles. The molecule has 3 heterocycles. The lowest BCUT2D eigenvalue weighted by molar-refractivity contribution is -0.125. The lowest BCUT2D eigenvalue weighted by Gasteiger charge is -2.24. The molecule has 30 heavy (non-hydrogen) atoms. The molecular weight excluding hydrogens is 382 g/mol. The fourth-order valence-corrected chi connectivity index (χ4v) is 4.25. The summed E-state index contributed by atoms with van der Waals surface area (Å²) in [6, 6.07) is 4.09. The van der Waals surface area contributed by atoms with E-state index in [4.69, 9.17) is 0 Å². The average Bonchev–Trinajstić information content (AvgIpc) is 3.41. The van der Waals surface area contributed by atoms with Gasteiger partial charge in [0.05, 0.1) is 30.1 Å². The largest absolute Gasteiger partial charge is 0.394 e. The van der Waals surface area contributed by atoms with Gasteiger partial charge in [-0.15, -0.1) is 0 Å². The molecule has 2 N–H and O–H groups in total. The first-order valence-corrected chi connectivity index (χ1v) is 10.3. The Bertz CT molecular complexity index is 991. The summed E-state index contributed by atoms with van der Waals surface area (Å²) >= 11 is 0. The molecule has 1 aliphatic carbocycles. The zero-order valence-corrected chi connectivity index (χ0v) is 17.5. The number of amides is 1. The van der Waals surface area contributed by atoms with Gasteiger partial charge in [0.15, 0.2) is 0 Å². The van der Waals surface area contributed by atoms with E-state index in [1.807, 2.05) is 20.8 Å². The number of rotatable bonds is 7. The van der Waals surface area contributed by atoms with Crippen molar-refractivity contribution in [3.63, 3.8) is 0 Å². The molecule has 9 heteroatoms. The lowest BCUT2D eigenvalue weighted by Crippen LogP contribution is -2.37. The van der Waals surface area contributed by atoms with Crippen LogP contribution in [-0.2, 0) is 10.3 Å². The number of carbonyl (C=O) groups is 1. The highest BCUT2D eigenvalue weighted by molar-refractivity contribution is 6.02. The molecule has 1 amide bonds. The first kappa shape index (κ1) is 20.3. The SMILES string of the molecule is CC[C@H]1CN(c2ccnc(Nc3cnn(C(C)(C)CO)c3)n2)C(=O)[C@@]1(C#N)C1CC1. The van der Waals surface area contributed by atoms with Gasteiger partial charge in [-0.25, -0.2) is 4.98 Å². The van der Waals surface area contributed by atoms with Crippen molar-refractivity contribution in [2.75, 3.05) is 23.4 Å². The maximum atomic E-state index is 13.3. The number of hydrogen-bond donors (Lipinski definition) is 2. The third-order valence-corrected chi connectivity index (χ3v) is 6.31. The van der Waals surface area contributed by atoms with Crippen LogP contribution in [0.5, 0.6) is 0 Å². The number of aliphatic hydroxyl groups excluding tert-OH is 1. The maximum Gasteiger partial charge on any atom is 0.249 e. The van der Waals surface area contributed by atoms with Gasteiger partial charge in [-0.3, -0.25) is 14.4 Å². The van der Waals surface area contributed by atoms with Gasteiger partial charge in [-0.1, -0.05) is 6.92 Å². The van der Waals surface area contributed by atoms with Gasteiger partial charge in [0.1, 0.15) is 11.2 Å². The molecule has 2 fully saturated rings. The van der Waals surface area contributed by atoms with Crippen molar-refractivity contribution in [2.24, 2.45) is 17.3 Å². The molecule has 2 atom stereocenters. The quantitative estimate of drug-likeness (QED) is 0.720. The van der Waals surface area contributed by atoms with Crippen LogP contribution < -0.4 is 10.2 Å². The number of nitriles is 1. The van der Waals surface area contributed by atoms with Crippen LogP contribution in [0.4, 0.5) is 17.5 Å². The number of nitrogens with one attached hydrogen (secondary N) is 1. The number of hydrogen-bond acceptors (Lipinski definition) is 7. The van der Waals surface area contributed by atoms with Crippen molar-refractivity contribution in [1.29, 1.82) is 5.26 Å². The minimum absolute atomic E-state index is 0.00724.